The molecule has 0 aromatic heterocycles. The number of hydrogen-bond acceptors (Lipinski definition) is 1. The molecular formula is C22H44O2. The average Bonchev–Trinajstić information content (AvgIpc) is 2.57. The van der Waals surface area contributed by atoms with Gasteiger partial charge in [0.05, 0.1) is 0 Å². The van der Waals surface area contributed by atoms with Gasteiger partial charge in [-0.1, -0.05) is 117 Å². The molecule has 144 valence electrons. The molecule has 1 atom stereocenters. The van der Waals surface area contributed by atoms with Crippen molar-refractivity contribution >= 4 is 5.97 Å². The van der Waals surface area contributed by atoms with Gasteiger partial charge in [0.1, 0.15) is 0 Å². The van der Waals surface area contributed by atoms with Crippen LogP contribution in [0.25, 0.3) is 0 Å². The predicted molar refractivity (Wildman–Crippen MR) is 106 cm³/mol. The molecule has 0 aromatic carbocycles. The van der Waals surface area contributed by atoms with Gasteiger partial charge in [0.15, 0.2) is 0 Å². The molecule has 0 aliphatic rings. The third-order valence-electron chi connectivity index (χ3n) is 5.28. The molecule has 0 aliphatic heterocycles. The second kappa shape index (κ2) is 18.8. The molecule has 1 N–H and O–H groups in total. The Bertz CT molecular complexity index is 263. The van der Waals surface area contributed by atoms with Gasteiger partial charge in [-0.25, -0.2) is 0 Å². The Hall–Kier alpha value is -0.530. The summed E-state index contributed by atoms with van der Waals surface area (Å²) in [6.07, 6.45) is 23.1. The fourth-order valence-corrected chi connectivity index (χ4v) is 3.27. The van der Waals surface area contributed by atoms with E-state index in [0.717, 1.165) is 18.8 Å². The minimum Gasteiger partial charge on any atom is -0.481 e. The van der Waals surface area contributed by atoms with E-state index in [1.165, 1.54) is 96.3 Å². The zero-order valence-corrected chi connectivity index (χ0v) is 16.7. The van der Waals surface area contributed by atoms with Gasteiger partial charge >= 0.3 is 5.97 Å². The van der Waals surface area contributed by atoms with Gasteiger partial charge in [-0.05, 0) is 12.3 Å². The average molecular weight is 341 g/mol. The van der Waals surface area contributed by atoms with Crippen LogP contribution in [-0.2, 0) is 4.79 Å². The summed E-state index contributed by atoms with van der Waals surface area (Å²) < 4.78 is 0. The van der Waals surface area contributed by atoms with Crippen molar-refractivity contribution in [2.75, 3.05) is 0 Å². The number of aliphatic carboxylic acids is 1. The van der Waals surface area contributed by atoms with Gasteiger partial charge < -0.3 is 5.11 Å². The van der Waals surface area contributed by atoms with E-state index >= 15 is 0 Å². The van der Waals surface area contributed by atoms with E-state index in [4.69, 9.17) is 5.11 Å². The van der Waals surface area contributed by atoms with E-state index in [1.54, 1.807) is 0 Å². The molecule has 0 saturated heterocycles. The van der Waals surface area contributed by atoms with Crippen LogP contribution in [0.4, 0.5) is 0 Å². The normalized spacial score (nSPS) is 12.4. The first-order chi connectivity index (χ1) is 11.7. The fourth-order valence-electron chi connectivity index (χ4n) is 3.27. The molecule has 24 heavy (non-hydrogen) atoms. The van der Waals surface area contributed by atoms with Gasteiger partial charge in [-0.2, -0.15) is 0 Å². The molecule has 2 heteroatoms. The number of rotatable bonds is 19. The molecule has 0 bridgehead atoms. The summed E-state index contributed by atoms with van der Waals surface area (Å²) in [5, 5.41) is 8.56. The van der Waals surface area contributed by atoms with Crippen LogP contribution in [0, 0.1) is 5.92 Å². The van der Waals surface area contributed by atoms with Crippen LogP contribution in [0.2, 0.25) is 0 Å². The summed E-state index contributed by atoms with van der Waals surface area (Å²) in [5.74, 6) is 0.274. The molecule has 0 amide bonds. The maximum Gasteiger partial charge on any atom is 0.303 e. The minimum absolute atomic E-state index is 0.345. The summed E-state index contributed by atoms with van der Waals surface area (Å²) in [6.45, 7) is 4.67. The molecule has 0 spiro atoms. The Morgan fingerprint density at radius 1 is 0.667 bits per heavy atom. The Morgan fingerprint density at radius 2 is 1.00 bits per heavy atom. The number of carboxylic acids is 1. The molecule has 0 unspecified atom stereocenters. The standard InChI is InChI=1S/C22H44O2/c1-3-21(2)19-17-15-13-11-9-7-5-4-6-8-10-12-14-16-18-20-22(23)24/h21H,3-20H2,1-2H3,(H,23,24)/t21-/m1/s1. The summed E-state index contributed by atoms with van der Waals surface area (Å²) in [6, 6.07) is 0. The van der Waals surface area contributed by atoms with Crippen LogP contribution in [0.1, 0.15) is 129 Å². The van der Waals surface area contributed by atoms with E-state index in [-0.39, 0.29) is 0 Å². The number of carboxylic acid groups (broad SMARTS) is 1. The second-order valence-electron chi connectivity index (χ2n) is 7.75. The van der Waals surface area contributed by atoms with Crippen molar-refractivity contribution in [3.05, 3.63) is 0 Å². The highest BCUT2D eigenvalue weighted by atomic mass is 16.4. The van der Waals surface area contributed by atoms with E-state index in [9.17, 15) is 4.79 Å². The zero-order valence-electron chi connectivity index (χ0n) is 16.7. The zero-order chi connectivity index (χ0) is 17.9. The highest BCUT2D eigenvalue weighted by Crippen LogP contribution is 2.16. The maximum atomic E-state index is 10.4. The van der Waals surface area contributed by atoms with Crippen molar-refractivity contribution in [2.45, 2.75) is 129 Å². The summed E-state index contributed by atoms with van der Waals surface area (Å²) in [4.78, 5) is 10.4. The third-order valence-corrected chi connectivity index (χ3v) is 5.28. The highest BCUT2D eigenvalue weighted by molar-refractivity contribution is 5.66. The highest BCUT2D eigenvalue weighted by Gasteiger charge is 1.99. The summed E-state index contributed by atoms with van der Waals surface area (Å²) >= 11 is 0. The number of hydrogen-bond donors (Lipinski definition) is 1. The minimum atomic E-state index is -0.652. The quantitative estimate of drug-likeness (QED) is 0.244. The van der Waals surface area contributed by atoms with E-state index in [0.29, 0.717) is 6.42 Å². The summed E-state index contributed by atoms with van der Waals surface area (Å²) in [7, 11) is 0. The molecule has 0 rings (SSSR count). The molecule has 0 aliphatic carbocycles. The van der Waals surface area contributed by atoms with Gasteiger partial charge in [0.25, 0.3) is 0 Å². The van der Waals surface area contributed by atoms with Crippen LogP contribution in [0.15, 0.2) is 0 Å². The molecule has 2 nitrogen and oxygen atoms in total. The fraction of sp³-hybridized carbons (Fsp3) is 0.955. The van der Waals surface area contributed by atoms with Crippen LogP contribution in [0.5, 0.6) is 0 Å². The van der Waals surface area contributed by atoms with Crippen LogP contribution in [0.3, 0.4) is 0 Å². The lowest BCUT2D eigenvalue weighted by Gasteiger charge is -2.07. The molecular weight excluding hydrogens is 296 g/mol. The Balaban J connectivity index is 3.01. The van der Waals surface area contributed by atoms with Crippen molar-refractivity contribution in [1.82, 2.24) is 0 Å². The summed E-state index contributed by atoms with van der Waals surface area (Å²) in [5.41, 5.74) is 0. The first-order valence-corrected chi connectivity index (χ1v) is 10.9. The van der Waals surface area contributed by atoms with Gasteiger partial charge in [-0.3, -0.25) is 4.79 Å². The van der Waals surface area contributed by atoms with Crippen molar-refractivity contribution < 1.29 is 9.90 Å². The Morgan fingerprint density at radius 3 is 1.33 bits per heavy atom. The molecule has 0 radical (unpaired) electrons. The Labute approximate surface area is 151 Å². The van der Waals surface area contributed by atoms with Crippen molar-refractivity contribution in [1.29, 1.82) is 0 Å². The number of carbonyl (C=O) groups is 1. The van der Waals surface area contributed by atoms with E-state index in [1.807, 2.05) is 0 Å². The van der Waals surface area contributed by atoms with Crippen LogP contribution in [-0.4, -0.2) is 11.1 Å². The van der Waals surface area contributed by atoms with E-state index < -0.39 is 5.97 Å². The van der Waals surface area contributed by atoms with Gasteiger partial charge in [-0.15, -0.1) is 0 Å². The molecule has 0 saturated carbocycles. The smallest absolute Gasteiger partial charge is 0.303 e. The predicted octanol–water partition coefficient (Wildman–Crippen LogP) is 7.75. The Kier molecular flexibility index (Phi) is 18.4. The first kappa shape index (κ1) is 23.5. The SMILES string of the molecule is CC[C@@H](C)CCCCCCCCCCCCCCCCCC(=O)O. The van der Waals surface area contributed by atoms with Crippen molar-refractivity contribution in [3.63, 3.8) is 0 Å². The van der Waals surface area contributed by atoms with Crippen LogP contribution >= 0.6 is 0 Å². The maximum absolute atomic E-state index is 10.4. The van der Waals surface area contributed by atoms with Crippen molar-refractivity contribution in [3.8, 4) is 0 Å². The molecule has 0 fully saturated rings. The van der Waals surface area contributed by atoms with Crippen LogP contribution < -0.4 is 0 Å². The van der Waals surface area contributed by atoms with E-state index in [2.05, 4.69) is 13.8 Å². The molecule has 0 aromatic rings. The topological polar surface area (TPSA) is 37.3 Å². The third kappa shape index (κ3) is 19.5. The van der Waals surface area contributed by atoms with Gasteiger partial charge in [0.2, 0.25) is 0 Å². The molecule has 0 heterocycles. The monoisotopic (exact) mass is 340 g/mol. The lowest BCUT2D eigenvalue weighted by atomic mass is 9.99. The van der Waals surface area contributed by atoms with Gasteiger partial charge in [0, 0.05) is 6.42 Å². The lowest BCUT2D eigenvalue weighted by Crippen LogP contribution is -1.93. The lowest BCUT2D eigenvalue weighted by molar-refractivity contribution is -0.137. The number of unbranched alkanes of at least 4 members (excludes halogenated alkanes) is 14. The largest absolute Gasteiger partial charge is 0.481 e. The first-order valence-electron chi connectivity index (χ1n) is 10.9. The van der Waals surface area contributed by atoms with Crippen molar-refractivity contribution in [2.24, 2.45) is 5.92 Å². The second-order valence-corrected chi connectivity index (χ2v) is 7.75.